The molecule has 1 heterocycles. The van der Waals surface area contributed by atoms with Gasteiger partial charge >= 0.3 is 5.97 Å². The summed E-state index contributed by atoms with van der Waals surface area (Å²) in [5.41, 5.74) is 0.851. The molecule has 0 saturated carbocycles. The van der Waals surface area contributed by atoms with Crippen LogP contribution in [0.15, 0.2) is 34.1 Å². The summed E-state index contributed by atoms with van der Waals surface area (Å²) in [6.45, 7) is 4.03. The Morgan fingerprint density at radius 2 is 2.08 bits per heavy atom. The van der Waals surface area contributed by atoms with E-state index in [0.29, 0.717) is 36.9 Å². The molecule has 0 unspecified atom stereocenters. The number of hydrogen-bond donors (Lipinski definition) is 0. The summed E-state index contributed by atoms with van der Waals surface area (Å²) < 4.78 is 10.8. The zero-order valence-electron chi connectivity index (χ0n) is 14.7. The third-order valence-corrected chi connectivity index (χ3v) is 5.11. The summed E-state index contributed by atoms with van der Waals surface area (Å²) in [5.74, 6) is -0.573. The van der Waals surface area contributed by atoms with E-state index in [-0.39, 0.29) is 11.6 Å². The molecule has 0 aliphatic carbocycles. The van der Waals surface area contributed by atoms with Crippen molar-refractivity contribution < 1.29 is 19.1 Å². The lowest BCUT2D eigenvalue weighted by Gasteiger charge is -2.22. The molecule has 0 aliphatic heterocycles. The van der Waals surface area contributed by atoms with E-state index < -0.39 is 5.97 Å². The second-order valence-corrected chi connectivity index (χ2v) is 7.17. The summed E-state index contributed by atoms with van der Waals surface area (Å²) in [6.07, 6.45) is 0.721. The van der Waals surface area contributed by atoms with Gasteiger partial charge < -0.3 is 14.4 Å². The number of hydrogen-bond acceptors (Lipinski definition) is 6. The summed E-state index contributed by atoms with van der Waals surface area (Å²) in [6, 6.07) is 7.31. The number of aromatic nitrogens is 1. The highest BCUT2D eigenvalue weighted by Gasteiger charge is 2.20. The van der Waals surface area contributed by atoms with Crippen LogP contribution < -0.4 is 0 Å². The fraction of sp³-hybridized carbons (Fsp3) is 0.389. The molecule has 2 rings (SSSR count). The molecule has 1 aromatic heterocycles. The largest absolute Gasteiger partial charge is 0.464 e. The Kier molecular flexibility index (Phi) is 8.21. The van der Waals surface area contributed by atoms with E-state index in [2.05, 4.69) is 25.7 Å². The van der Waals surface area contributed by atoms with E-state index in [1.54, 1.807) is 16.3 Å². The van der Waals surface area contributed by atoms with Crippen molar-refractivity contribution in [2.24, 2.45) is 0 Å². The highest BCUT2D eigenvalue weighted by molar-refractivity contribution is 9.10. The van der Waals surface area contributed by atoms with Crippen molar-refractivity contribution in [1.82, 2.24) is 9.88 Å². The monoisotopic (exact) mass is 440 g/mol. The van der Waals surface area contributed by atoms with Crippen LogP contribution in [0.4, 0.5) is 0 Å². The lowest BCUT2D eigenvalue weighted by atomic mass is 10.2. The van der Waals surface area contributed by atoms with Gasteiger partial charge in [0, 0.05) is 29.6 Å². The first-order valence-electron chi connectivity index (χ1n) is 8.21. The Morgan fingerprint density at radius 3 is 2.77 bits per heavy atom. The average molecular weight is 441 g/mol. The van der Waals surface area contributed by atoms with Crippen molar-refractivity contribution in [3.63, 3.8) is 0 Å². The molecule has 2 aromatic rings. The van der Waals surface area contributed by atoms with Gasteiger partial charge in [0.2, 0.25) is 0 Å². The van der Waals surface area contributed by atoms with Gasteiger partial charge in [0.15, 0.2) is 5.69 Å². The first-order valence-corrected chi connectivity index (χ1v) is 9.88. The third kappa shape index (κ3) is 5.62. The van der Waals surface area contributed by atoms with E-state index >= 15 is 0 Å². The SMILES string of the molecule is CCOCCCN(Cc1nc(C(=O)OC)cs1)C(=O)c1ccccc1Br. The van der Waals surface area contributed by atoms with Gasteiger partial charge in [0.05, 0.1) is 19.2 Å². The average Bonchev–Trinajstić information content (AvgIpc) is 3.12. The smallest absolute Gasteiger partial charge is 0.357 e. The number of thiazole rings is 1. The summed E-state index contributed by atoms with van der Waals surface area (Å²) >= 11 is 4.76. The van der Waals surface area contributed by atoms with E-state index in [9.17, 15) is 9.59 Å². The number of carbonyl (C=O) groups is 2. The van der Waals surface area contributed by atoms with Crippen molar-refractivity contribution in [1.29, 1.82) is 0 Å². The molecule has 0 bridgehead atoms. The van der Waals surface area contributed by atoms with Crippen molar-refractivity contribution >= 4 is 39.1 Å². The molecule has 0 saturated heterocycles. The van der Waals surface area contributed by atoms with Crippen LogP contribution in [0.2, 0.25) is 0 Å². The molecule has 0 atom stereocenters. The summed E-state index contributed by atoms with van der Waals surface area (Å²) in [5, 5.41) is 2.32. The number of halogens is 1. The molecule has 26 heavy (non-hydrogen) atoms. The van der Waals surface area contributed by atoms with Gasteiger partial charge in [-0.2, -0.15) is 0 Å². The fourth-order valence-corrected chi connectivity index (χ4v) is 3.54. The lowest BCUT2D eigenvalue weighted by molar-refractivity contribution is 0.0594. The lowest BCUT2D eigenvalue weighted by Crippen LogP contribution is -2.32. The Bertz CT molecular complexity index is 750. The molecule has 140 valence electrons. The van der Waals surface area contributed by atoms with Crippen LogP contribution in [0, 0.1) is 0 Å². The number of methoxy groups -OCH3 is 1. The molecule has 0 fully saturated rings. The third-order valence-electron chi connectivity index (χ3n) is 3.58. The van der Waals surface area contributed by atoms with Crippen molar-refractivity contribution in [3.8, 4) is 0 Å². The maximum absolute atomic E-state index is 13.0. The number of rotatable bonds is 9. The second-order valence-electron chi connectivity index (χ2n) is 5.38. The molecule has 0 spiro atoms. The molecule has 0 N–H and O–H groups in total. The van der Waals surface area contributed by atoms with Gasteiger partial charge in [-0.15, -0.1) is 11.3 Å². The van der Waals surface area contributed by atoms with Crippen LogP contribution >= 0.6 is 27.3 Å². The van der Waals surface area contributed by atoms with Crippen molar-refractivity contribution in [2.45, 2.75) is 19.9 Å². The zero-order valence-corrected chi connectivity index (χ0v) is 17.1. The second kappa shape index (κ2) is 10.4. The molecular weight excluding hydrogens is 420 g/mol. The predicted molar refractivity (Wildman–Crippen MR) is 103 cm³/mol. The van der Waals surface area contributed by atoms with Gasteiger partial charge in [-0.1, -0.05) is 12.1 Å². The number of nitrogens with zero attached hydrogens (tertiary/aromatic N) is 2. The van der Waals surface area contributed by atoms with Gasteiger partial charge in [0.25, 0.3) is 5.91 Å². The minimum Gasteiger partial charge on any atom is -0.464 e. The Labute approximate surface area is 165 Å². The first kappa shape index (κ1) is 20.5. The highest BCUT2D eigenvalue weighted by atomic mass is 79.9. The van der Waals surface area contributed by atoms with Crippen LogP contribution in [0.25, 0.3) is 0 Å². The number of carbonyl (C=O) groups excluding carboxylic acids is 2. The first-order chi connectivity index (χ1) is 12.6. The zero-order chi connectivity index (χ0) is 18.9. The Balaban J connectivity index is 2.15. The van der Waals surface area contributed by atoms with Gasteiger partial charge in [0.1, 0.15) is 5.01 Å². The summed E-state index contributed by atoms with van der Waals surface area (Å²) in [7, 11) is 1.32. The number of esters is 1. The van der Waals surface area contributed by atoms with Crippen molar-refractivity contribution in [2.75, 3.05) is 26.9 Å². The molecule has 6 nitrogen and oxygen atoms in total. The van der Waals surface area contributed by atoms with Crippen LogP contribution in [-0.2, 0) is 16.0 Å². The molecule has 1 amide bonds. The molecular formula is C18H21BrN2O4S. The fourth-order valence-electron chi connectivity index (χ4n) is 2.30. The normalized spacial score (nSPS) is 10.6. The molecule has 8 heteroatoms. The van der Waals surface area contributed by atoms with Gasteiger partial charge in [-0.05, 0) is 41.4 Å². The van der Waals surface area contributed by atoms with E-state index in [1.807, 2.05) is 25.1 Å². The van der Waals surface area contributed by atoms with E-state index in [4.69, 9.17) is 4.74 Å². The van der Waals surface area contributed by atoms with Crippen LogP contribution in [0.1, 0.15) is 39.2 Å². The maximum Gasteiger partial charge on any atom is 0.357 e. The molecule has 0 aliphatic rings. The topological polar surface area (TPSA) is 68.7 Å². The number of benzene rings is 1. The van der Waals surface area contributed by atoms with E-state index in [0.717, 1.165) is 10.9 Å². The van der Waals surface area contributed by atoms with E-state index in [1.165, 1.54) is 18.4 Å². The molecule has 0 radical (unpaired) electrons. The maximum atomic E-state index is 13.0. The van der Waals surface area contributed by atoms with Crippen LogP contribution in [0.3, 0.4) is 0 Å². The summed E-state index contributed by atoms with van der Waals surface area (Å²) in [4.78, 5) is 30.5. The van der Waals surface area contributed by atoms with Crippen molar-refractivity contribution in [3.05, 3.63) is 50.4 Å². The highest BCUT2D eigenvalue weighted by Crippen LogP contribution is 2.20. The quantitative estimate of drug-likeness (QED) is 0.438. The molecule has 1 aromatic carbocycles. The minimum atomic E-state index is -0.479. The standard InChI is InChI=1S/C18H21BrN2O4S/c1-3-25-10-6-9-21(17(22)13-7-4-5-8-14(13)19)11-16-20-15(12-26-16)18(23)24-2/h4-5,7-8,12H,3,6,9-11H2,1-2H3. The van der Waals surface area contributed by atoms with Gasteiger partial charge in [-0.3, -0.25) is 4.79 Å². The Morgan fingerprint density at radius 1 is 1.31 bits per heavy atom. The van der Waals surface area contributed by atoms with Crippen LogP contribution in [0.5, 0.6) is 0 Å². The number of ether oxygens (including phenoxy) is 2. The Hall–Kier alpha value is -1.77. The number of amides is 1. The predicted octanol–water partition coefficient (Wildman–Crippen LogP) is 3.76. The minimum absolute atomic E-state index is 0.0937. The van der Waals surface area contributed by atoms with Gasteiger partial charge in [-0.25, -0.2) is 9.78 Å². The van der Waals surface area contributed by atoms with Crippen LogP contribution in [-0.4, -0.2) is 48.6 Å².